The van der Waals surface area contributed by atoms with Crippen LogP contribution in [0.15, 0.2) is 16.6 Å². The Bertz CT molecular complexity index is 409. The molecule has 0 bridgehead atoms. The summed E-state index contributed by atoms with van der Waals surface area (Å²) in [5.74, 6) is 1.34. The summed E-state index contributed by atoms with van der Waals surface area (Å²) in [7, 11) is 4.82. The molecule has 2 atom stereocenters. The van der Waals surface area contributed by atoms with Crippen LogP contribution >= 0.6 is 15.9 Å². The van der Waals surface area contributed by atoms with Gasteiger partial charge in [-0.1, -0.05) is 22.9 Å². The number of hydrogen-bond acceptors (Lipinski definition) is 4. The van der Waals surface area contributed by atoms with Crippen LogP contribution in [0.2, 0.25) is 0 Å². The van der Waals surface area contributed by atoms with Gasteiger partial charge >= 0.3 is 0 Å². The van der Waals surface area contributed by atoms with E-state index < -0.39 is 6.10 Å². The van der Waals surface area contributed by atoms with Gasteiger partial charge in [0.15, 0.2) is 11.5 Å². The third-order valence-electron chi connectivity index (χ3n) is 3.14. The molecule has 0 aromatic heterocycles. The van der Waals surface area contributed by atoms with Gasteiger partial charge in [-0.3, -0.25) is 0 Å². The van der Waals surface area contributed by atoms with Gasteiger partial charge in [-0.15, -0.1) is 0 Å². The van der Waals surface area contributed by atoms with Crippen molar-refractivity contribution in [3.05, 3.63) is 22.2 Å². The molecule has 0 radical (unpaired) electrons. The third kappa shape index (κ3) is 4.09. The molecule has 0 heterocycles. The van der Waals surface area contributed by atoms with E-state index in [4.69, 9.17) is 14.2 Å². The van der Waals surface area contributed by atoms with Gasteiger partial charge < -0.3 is 19.3 Å². The zero-order chi connectivity index (χ0) is 14.4. The van der Waals surface area contributed by atoms with Crippen molar-refractivity contribution in [3.63, 3.8) is 0 Å². The van der Waals surface area contributed by atoms with Crippen molar-refractivity contribution in [1.82, 2.24) is 0 Å². The van der Waals surface area contributed by atoms with Gasteiger partial charge in [0.2, 0.25) is 0 Å². The van der Waals surface area contributed by atoms with E-state index in [1.165, 1.54) is 0 Å². The van der Waals surface area contributed by atoms with Crippen molar-refractivity contribution in [1.29, 1.82) is 0 Å². The monoisotopic (exact) mass is 332 g/mol. The summed E-state index contributed by atoms with van der Waals surface area (Å²) in [5, 5.41) is 10.4. The van der Waals surface area contributed by atoms with E-state index in [2.05, 4.69) is 15.9 Å². The Labute approximate surface area is 122 Å². The highest BCUT2D eigenvalue weighted by Gasteiger charge is 2.21. The predicted octanol–water partition coefficient (Wildman–Crippen LogP) is 3.17. The molecule has 2 unspecified atom stereocenters. The number of methoxy groups -OCH3 is 3. The lowest BCUT2D eigenvalue weighted by atomic mass is 9.94. The Balaban J connectivity index is 2.99. The van der Waals surface area contributed by atoms with Crippen LogP contribution in [0.4, 0.5) is 0 Å². The van der Waals surface area contributed by atoms with Crippen molar-refractivity contribution >= 4 is 15.9 Å². The van der Waals surface area contributed by atoms with Gasteiger partial charge in [-0.2, -0.15) is 0 Å². The first-order valence-corrected chi connectivity index (χ1v) is 6.92. The second kappa shape index (κ2) is 7.72. The minimum Gasteiger partial charge on any atom is -0.493 e. The third-order valence-corrected chi connectivity index (χ3v) is 3.82. The fourth-order valence-corrected chi connectivity index (χ4v) is 2.42. The molecule has 0 amide bonds. The molecule has 0 aliphatic heterocycles. The van der Waals surface area contributed by atoms with Crippen LogP contribution in [0.5, 0.6) is 11.5 Å². The quantitative estimate of drug-likeness (QED) is 0.833. The lowest BCUT2D eigenvalue weighted by molar-refractivity contribution is 0.0878. The molecule has 0 saturated heterocycles. The molecule has 1 N–H and O–H groups in total. The second-order valence-electron chi connectivity index (χ2n) is 4.43. The van der Waals surface area contributed by atoms with Crippen molar-refractivity contribution in [2.75, 3.05) is 27.9 Å². The van der Waals surface area contributed by atoms with Crippen molar-refractivity contribution in [2.24, 2.45) is 5.92 Å². The van der Waals surface area contributed by atoms with Gasteiger partial charge in [0.05, 0.1) is 20.3 Å². The summed E-state index contributed by atoms with van der Waals surface area (Å²) < 4.78 is 16.3. The summed E-state index contributed by atoms with van der Waals surface area (Å²) in [6.45, 7) is 2.62. The number of halogens is 1. The fraction of sp³-hybridized carbons (Fsp3) is 0.571. The van der Waals surface area contributed by atoms with Crippen LogP contribution in [0.25, 0.3) is 0 Å². The highest BCUT2D eigenvalue weighted by atomic mass is 79.9. The highest BCUT2D eigenvalue weighted by molar-refractivity contribution is 9.10. The summed E-state index contributed by atoms with van der Waals surface area (Å²) in [4.78, 5) is 0. The van der Waals surface area contributed by atoms with Crippen molar-refractivity contribution in [2.45, 2.75) is 19.4 Å². The molecular formula is C14H21BrO4. The standard InChI is InChI=1S/C14H21BrO4/c1-9(5-6-17-2)14(16)10-7-12(18-3)13(19-4)8-11(10)15/h7-9,14,16H,5-6H2,1-4H3. The fourth-order valence-electron chi connectivity index (χ4n) is 1.86. The largest absolute Gasteiger partial charge is 0.493 e. The number of aliphatic hydroxyl groups excluding tert-OH is 1. The number of hydrogen-bond donors (Lipinski definition) is 1. The molecule has 5 heteroatoms. The Morgan fingerprint density at radius 2 is 1.74 bits per heavy atom. The zero-order valence-electron chi connectivity index (χ0n) is 11.8. The van der Waals surface area contributed by atoms with Gasteiger partial charge in [0.1, 0.15) is 0 Å². The SMILES string of the molecule is COCCC(C)C(O)c1cc(OC)c(OC)cc1Br. The zero-order valence-corrected chi connectivity index (χ0v) is 13.4. The Kier molecular flexibility index (Phi) is 6.62. The molecule has 4 nitrogen and oxygen atoms in total. The van der Waals surface area contributed by atoms with Crippen molar-refractivity contribution < 1.29 is 19.3 Å². The second-order valence-corrected chi connectivity index (χ2v) is 5.29. The van der Waals surface area contributed by atoms with Gasteiger partial charge in [-0.25, -0.2) is 0 Å². The topological polar surface area (TPSA) is 47.9 Å². The maximum absolute atomic E-state index is 10.4. The van der Waals surface area contributed by atoms with E-state index in [1.54, 1.807) is 33.5 Å². The summed E-state index contributed by atoms with van der Waals surface area (Å²) in [6.07, 6.45) is 0.211. The molecule has 1 rings (SSSR count). The van der Waals surface area contributed by atoms with Crippen LogP contribution in [-0.4, -0.2) is 33.0 Å². The van der Waals surface area contributed by atoms with E-state index in [0.717, 1.165) is 16.5 Å². The van der Waals surface area contributed by atoms with E-state index in [9.17, 15) is 5.11 Å². The van der Waals surface area contributed by atoms with Gasteiger partial charge in [0, 0.05) is 18.2 Å². The highest BCUT2D eigenvalue weighted by Crippen LogP contribution is 2.38. The molecule has 0 spiro atoms. The van der Waals surface area contributed by atoms with Gasteiger partial charge in [-0.05, 0) is 30.0 Å². The Morgan fingerprint density at radius 3 is 2.26 bits per heavy atom. The van der Waals surface area contributed by atoms with Gasteiger partial charge in [0.25, 0.3) is 0 Å². The molecule has 19 heavy (non-hydrogen) atoms. The maximum Gasteiger partial charge on any atom is 0.161 e. The van der Waals surface area contributed by atoms with Crippen LogP contribution in [-0.2, 0) is 4.74 Å². The molecule has 0 aliphatic carbocycles. The first-order valence-electron chi connectivity index (χ1n) is 6.13. The van der Waals surface area contributed by atoms with E-state index in [0.29, 0.717) is 18.1 Å². The van der Waals surface area contributed by atoms with Crippen LogP contribution < -0.4 is 9.47 Å². The Morgan fingerprint density at radius 1 is 1.16 bits per heavy atom. The average Bonchev–Trinajstić information content (AvgIpc) is 2.43. The molecule has 1 aromatic rings. The molecular weight excluding hydrogens is 312 g/mol. The number of ether oxygens (including phenoxy) is 3. The lowest BCUT2D eigenvalue weighted by Crippen LogP contribution is -2.12. The lowest BCUT2D eigenvalue weighted by Gasteiger charge is -2.21. The smallest absolute Gasteiger partial charge is 0.161 e. The maximum atomic E-state index is 10.4. The number of benzene rings is 1. The minimum absolute atomic E-state index is 0.0920. The summed E-state index contributed by atoms with van der Waals surface area (Å²) in [5.41, 5.74) is 0.793. The Hall–Kier alpha value is -0.780. The summed E-state index contributed by atoms with van der Waals surface area (Å²) in [6, 6.07) is 3.61. The first-order chi connectivity index (χ1) is 9.04. The molecule has 1 aromatic carbocycles. The minimum atomic E-state index is -0.579. The molecule has 0 fully saturated rings. The van der Waals surface area contributed by atoms with Crippen LogP contribution in [0, 0.1) is 5.92 Å². The van der Waals surface area contributed by atoms with E-state index in [1.807, 2.05) is 6.92 Å². The molecule has 108 valence electrons. The first kappa shape index (κ1) is 16.3. The molecule has 0 aliphatic rings. The van der Waals surface area contributed by atoms with E-state index in [-0.39, 0.29) is 5.92 Å². The predicted molar refractivity (Wildman–Crippen MR) is 77.9 cm³/mol. The van der Waals surface area contributed by atoms with Crippen LogP contribution in [0.3, 0.4) is 0 Å². The summed E-state index contributed by atoms with van der Waals surface area (Å²) >= 11 is 3.46. The average molecular weight is 333 g/mol. The molecule has 0 saturated carbocycles. The van der Waals surface area contributed by atoms with E-state index >= 15 is 0 Å². The number of aliphatic hydroxyl groups is 1. The number of rotatable bonds is 7. The van der Waals surface area contributed by atoms with Crippen LogP contribution in [0.1, 0.15) is 25.0 Å². The van der Waals surface area contributed by atoms with Crippen molar-refractivity contribution in [3.8, 4) is 11.5 Å². The normalized spacial score (nSPS) is 14.0.